The van der Waals surface area contributed by atoms with Gasteiger partial charge in [-0.05, 0) is 39.0 Å². The average Bonchev–Trinajstić information content (AvgIpc) is 2.71. The van der Waals surface area contributed by atoms with Gasteiger partial charge in [-0.25, -0.2) is 22.9 Å². The second-order valence-electron chi connectivity index (χ2n) is 5.29. The fraction of sp³-hybridized carbons (Fsp3) is 0.333. The third-order valence-electron chi connectivity index (χ3n) is 2.33. The van der Waals surface area contributed by atoms with Crippen LogP contribution in [0.4, 0.5) is 4.79 Å². The molecule has 1 aromatic heterocycles. The summed E-state index contributed by atoms with van der Waals surface area (Å²) >= 11 is 1.34. The molecule has 0 aliphatic rings. The van der Waals surface area contributed by atoms with Crippen molar-refractivity contribution in [2.75, 3.05) is 0 Å². The van der Waals surface area contributed by atoms with E-state index in [1.54, 1.807) is 32.3 Å². The molecule has 0 fully saturated rings. The number of carbonyl (C=O) groups is 1. The molecule has 2 aromatic rings. The van der Waals surface area contributed by atoms with Gasteiger partial charge in [-0.1, -0.05) is 0 Å². The SMILES string of the molecule is CC(C)(C)NC(=O)NS(=O)(=O)c1ccc2ncsc2c1. The summed E-state index contributed by atoms with van der Waals surface area (Å²) in [5.74, 6) is 0. The predicted molar refractivity (Wildman–Crippen MR) is 78.2 cm³/mol. The lowest BCUT2D eigenvalue weighted by molar-refractivity contribution is 0.237. The van der Waals surface area contributed by atoms with E-state index in [1.807, 2.05) is 4.72 Å². The Kier molecular flexibility index (Phi) is 3.70. The van der Waals surface area contributed by atoms with Gasteiger partial charge in [-0.3, -0.25) is 0 Å². The summed E-state index contributed by atoms with van der Waals surface area (Å²) in [7, 11) is -3.88. The number of sulfonamides is 1. The average molecular weight is 313 g/mol. The van der Waals surface area contributed by atoms with Crippen LogP contribution in [0, 0.1) is 0 Å². The summed E-state index contributed by atoms with van der Waals surface area (Å²) in [4.78, 5) is 15.8. The largest absolute Gasteiger partial charge is 0.333 e. The Labute approximate surface area is 121 Å². The number of urea groups is 1. The van der Waals surface area contributed by atoms with Crippen LogP contribution in [0.15, 0.2) is 28.6 Å². The topological polar surface area (TPSA) is 88.2 Å². The van der Waals surface area contributed by atoms with Crippen LogP contribution in [0.1, 0.15) is 20.8 Å². The number of fused-ring (bicyclic) bond motifs is 1. The molecule has 2 N–H and O–H groups in total. The zero-order valence-electron chi connectivity index (χ0n) is 11.3. The number of thiazole rings is 1. The molecule has 6 nitrogen and oxygen atoms in total. The number of hydrogen-bond acceptors (Lipinski definition) is 5. The molecule has 8 heteroatoms. The van der Waals surface area contributed by atoms with Crippen molar-refractivity contribution >= 4 is 37.6 Å². The van der Waals surface area contributed by atoms with Crippen molar-refractivity contribution in [1.29, 1.82) is 0 Å². The number of amides is 2. The third kappa shape index (κ3) is 3.45. The minimum absolute atomic E-state index is 0.0401. The summed E-state index contributed by atoms with van der Waals surface area (Å²) in [6.45, 7) is 5.30. The Hall–Kier alpha value is -1.67. The highest BCUT2D eigenvalue weighted by atomic mass is 32.2. The van der Waals surface area contributed by atoms with Gasteiger partial charge in [-0.2, -0.15) is 0 Å². The van der Waals surface area contributed by atoms with Crippen molar-refractivity contribution in [1.82, 2.24) is 15.0 Å². The number of benzene rings is 1. The van der Waals surface area contributed by atoms with E-state index in [2.05, 4.69) is 10.3 Å². The summed E-state index contributed by atoms with van der Waals surface area (Å²) in [5.41, 5.74) is 1.86. The lowest BCUT2D eigenvalue weighted by Crippen LogP contribution is -2.48. The van der Waals surface area contributed by atoms with Gasteiger partial charge in [0, 0.05) is 5.54 Å². The molecule has 0 saturated heterocycles. The van der Waals surface area contributed by atoms with Crippen LogP contribution in [-0.2, 0) is 10.0 Å². The number of rotatable bonds is 2. The van der Waals surface area contributed by atoms with E-state index < -0.39 is 21.6 Å². The fourth-order valence-electron chi connectivity index (χ4n) is 1.55. The van der Waals surface area contributed by atoms with Crippen molar-refractivity contribution in [3.8, 4) is 0 Å². The molecule has 1 aromatic carbocycles. The first-order valence-corrected chi connectivity index (χ1v) is 8.22. The normalized spacial score (nSPS) is 12.3. The maximum absolute atomic E-state index is 12.1. The molecule has 0 aliphatic carbocycles. The van der Waals surface area contributed by atoms with Crippen LogP contribution in [0.2, 0.25) is 0 Å². The molecule has 0 unspecified atom stereocenters. The summed E-state index contributed by atoms with van der Waals surface area (Å²) in [5, 5.41) is 2.54. The Bertz CT molecular complexity index is 745. The van der Waals surface area contributed by atoms with E-state index in [1.165, 1.54) is 23.5 Å². The van der Waals surface area contributed by atoms with Gasteiger partial charge < -0.3 is 5.32 Å². The van der Waals surface area contributed by atoms with Crippen molar-refractivity contribution in [3.05, 3.63) is 23.7 Å². The second kappa shape index (κ2) is 5.02. The molecule has 2 amide bonds. The van der Waals surface area contributed by atoms with Gasteiger partial charge in [0.25, 0.3) is 10.0 Å². The summed E-state index contributed by atoms with van der Waals surface area (Å²) < 4.78 is 27.0. The predicted octanol–water partition coefficient (Wildman–Crippen LogP) is 2.08. The monoisotopic (exact) mass is 313 g/mol. The molecule has 0 spiro atoms. The molecule has 2 rings (SSSR count). The van der Waals surface area contributed by atoms with Gasteiger partial charge in [0.1, 0.15) is 0 Å². The number of carbonyl (C=O) groups excluding carboxylic acids is 1. The van der Waals surface area contributed by atoms with Crippen LogP contribution in [0.5, 0.6) is 0 Å². The first-order valence-electron chi connectivity index (χ1n) is 5.86. The maximum Gasteiger partial charge on any atom is 0.329 e. The van der Waals surface area contributed by atoms with Gasteiger partial charge >= 0.3 is 6.03 Å². The van der Waals surface area contributed by atoms with Crippen LogP contribution >= 0.6 is 11.3 Å². The fourth-order valence-corrected chi connectivity index (χ4v) is 3.27. The molecule has 0 radical (unpaired) electrons. The molecule has 0 atom stereocenters. The van der Waals surface area contributed by atoms with Crippen molar-refractivity contribution in [2.45, 2.75) is 31.2 Å². The summed E-state index contributed by atoms with van der Waals surface area (Å²) in [6.07, 6.45) is 0. The van der Waals surface area contributed by atoms with Gasteiger partial charge in [0.2, 0.25) is 0 Å². The Morgan fingerprint density at radius 3 is 2.65 bits per heavy atom. The third-order valence-corrected chi connectivity index (χ3v) is 4.45. The van der Waals surface area contributed by atoms with E-state index in [-0.39, 0.29) is 4.90 Å². The molecular formula is C12H15N3O3S2. The van der Waals surface area contributed by atoms with E-state index in [0.717, 1.165) is 10.2 Å². The summed E-state index contributed by atoms with van der Waals surface area (Å²) in [6, 6.07) is 3.79. The molecule has 0 bridgehead atoms. The number of nitrogens with one attached hydrogen (secondary N) is 2. The van der Waals surface area contributed by atoms with Gasteiger partial charge in [0.05, 0.1) is 20.6 Å². The Morgan fingerprint density at radius 1 is 1.30 bits per heavy atom. The standard InChI is InChI=1S/C12H15N3O3S2/c1-12(2,3)14-11(16)15-20(17,18)8-4-5-9-10(6-8)19-7-13-9/h4-7H,1-3H3,(H2,14,15,16). The minimum Gasteiger partial charge on any atom is -0.333 e. The highest BCUT2D eigenvalue weighted by molar-refractivity contribution is 7.90. The minimum atomic E-state index is -3.88. The van der Waals surface area contributed by atoms with Gasteiger partial charge in [-0.15, -0.1) is 11.3 Å². The lowest BCUT2D eigenvalue weighted by atomic mass is 10.1. The molecule has 20 heavy (non-hydrogen) atoms. The number of aromatic nitrogens is 1. The molecular weight excluding hydrogens is 298 g/mol. The number of hydrogen-bond donors (Lipinski definition) is 2. The van der Waals surface area contributed by atoms with Crippen LogP contribution in [0.25, 0.3) is 10.2 Å². The zero-order chi connectivity index (χ0) is 15.0. The van der Waals surface area contributed by atoms with Crippen LogP contribution in [-0.4, -0.2) is 25.0 Å². The molecule has 108 valence electrons. The quantitative estimate of drug-likeness (QED) is 0.888. The van der Waals surface area contributed by atoms with E-state index in [0.29, 0.717) is 0 Å². The zero-order valence-corrected chi connectivity index (χ0v) is 12.9. The first kappa shape index (κ1) is 14.7. The first-order chi connectivity index (χ1) is 9.17. The highest BCUT2D eigenvalue weighted by Gasteiger charge is 2.21. The van der Waals surface area contributed by atoms with Crippen LogP contribution < -0.4 is 10.0 Å². The van der Waals surface area contributed by atoms with Crippen molar-refractivity contribution in [3.63, 3.8) is 0 Å². The number of nitrogens with zero attached hydrogens (tertiary/aromatic N) is 1. The smallest absolute Gasteiger partial charge is 0.329 e. The van der Waals surface area contributed by atoms with E-state index >= 15 is 0 Å². The van der Waals surface area contributed by atoms with Crippen LogP contribution in [0.3, 0.4) is 0 Å². The highest BCUT2D eigenvalue weighted by Crippen LogP contribution is 2.21. The molecule has 0 saturated carbocycles. The second-order valence-corrected chi connectivity index (χ2v) is 7.86. The van der Waals surface area contributed by atoms with Crippen molar-refractivity contribution < 1.29 is 13.2 Å². The Balaban J connectivity index is 2.23. The van der Waals surface area contributed by atoms with E-state index in [9.17, 15) is 13.2 Å². The van der Waals surface area contributed by atoms with Gasteiger partial charge in [0.15, 0.2) is 0 Å². The Morgan fingerprint density at radius 2 is 2.00 bits per heavy atom. The lowest BCUT2D eigenvalue weighted by Gasteiger charge is -2.20. The van der Waals surface area contributed by atoms with Crippen molar-refractivity contribution in [2.24, 2.45) is 0 Å². The molecule has 1 heterocycles. The maximum atomic E-state index is 12.1. The van der Waals surface area contributed by atoms with E-state index in [4.69, 9.17) is 0 Å². The molecule has 0 aliphatic heterocycles.